The first-order valence-corrected chi connectivity index (χ1v) is 11.8. The monoisotopic (exact) mass is 466 g/mol. The second kappa shape index (κ2) is 9.45. The number of nitrogens with zero attached hydrogens (tertiary/aromatic N) is 2. The van der Waals surface area contributed by atoms with E-state index in [0.717, 1.165) is 28.1 Å². The van der Waals surface area contributed by atoms with Crippen molar-refractivity contribution >= 4 is 27.7 Å². The number of hydrogen-bond acceptors (Lipinski definition) is 4. The maximum Gasteiger partial charge on any atom is 0.341 e. The van der Waals surface area contributed by atoms with Crippen molar-refractivity contribution in [3.63, 3.8) is 0 Å². The van der Waals surface area contributed by atoms with Gasteiger partial charge in [0, 0.05) is 19.2 Å². The fourth-order valence-corrected chi connectivity index (χ4v) is 5.14. The normalized spacial score (nSPS) is 11.1. The Kier molecular flexibility index (Phi) is 6.06. The van der Waals surface area contributed by atoms with Gasteiger partial charge >= 0.3 is 5.97 Å². The first-order chi connectivity index (χ1) is 16.6. The highest BCUT2D eigenvalue weighted by Gasteiger charge is 2.19. The van der Waals surface area contributed by atoms with Gasteiger partial charge in [0.05, 0.1) is 5.01 Å². The van der Waals surface area contributed by atoms with Crippen LogP contribution in [-0.2, 0) is 19.4 Å². The van der Waals surface area contributed by atoms with Gasteiger partial charge in [0.2, 0.25) is 5.43 Å². The number of aromatic nitrogens is 2. The minimum absolute atomic E-state index is 0.233. The predicted octanol–water partition coefficient (Wildman–Crippen LogP) is 5.66. The fraction of sp³-hybridized carbons (Fsp3) is 0.107. The van der Waals surface area contributed by atoms with E-state index < -0.39 is 11.4 Å². The van der Waals surface area contributed by atoms with E-state index in [1.807, 2.05) is 66.7 Å². The average molecular weight is 467 g/mol. The molecule has 0 radical (unpaired) electrons. The maximum absolute atomic E-state index is 12.9. The molecule has 3 aromatic carbocycles. The largest absolute Gasteiger partial charge is 0.477 e. The fourth-order valence-electron chi connectivity index (χ4n) is 4.11. The lowest BCUT2D eigenvalue weighted by atomic mass is 9.99. The van der Waals surface area contributed by atoms with Crippen molar-refractivity contribution in [2.75, 3.05) is 0 Å². The number of thiazole rings is 1. The summed E-state index contributed by atoms with van der Waals surface area (Å²) in [5.74, 6) is -1.23. The summed E-state index contributed by atoms with van der Waals surface area (Å²) in [6.07, 6.45) is 2.92. The quantitative estimate of drug-likeness (QED) is 0.336. The Bertz CT molecular complexity index is 1520. The number of carboxylic acids is 1. The summed E-state index contributed by atoms with van der Waals surface area (Å²) in [7, 11) is 0. The number of carbonyl (C=O) groups is 1. The summed E-state index contributed by atoms with van der Waals surface area (Å²) in [5.41, 5.74) is 4.18. The van der Waals surface area contributed by atoms with Gasteiger partial charge in [0.15, 0.2) is 5.65 Å². The van der Waals surface area contributed by atoms with Crippen LogP contribution in [-0.4, -0.2) is 20.6 Å². The molecule has 0 aliphatic carbocycles. The Labute approximate surface area is 200 Å². The standard InChI is InChI=1S/C28H22N2O3S/c31-25-23(28(32)33)18-30(17-21-13-7-8-14-22(21)20-11-5-2-6-12-20)27-26(25)34-24(29-27)16-15-19-9-3-1-4-10-19/h1-14,18H,15-17H2,(H,32,33). The molecule has 2 aromatic heterocycles. The zero-order valence-corrected chi connectivity index (χ0v) is 19.2. The topological polar surface area (TPSA) is 72.2 Å². The number of hydrogen-bond donors (Lipinski definition) is 1. The molecule has 0 saturated carbocycles. The van der Waals surface area contributed by atoms with E-state index in [-0.39, 0.29) is 5.56 Å². The van der Waals surface area contributed by atoms with Crippen molar-refractivity contribution in [2.24, 2.45) is 0 Å². The predicted molar refractivity (Wildman–Crippen MR) is 136 cm³/mol. The van der Waals surface area contributed by atoms with Gasteiger partial charge in [-0.05, 0) is 28.7 Å². The molecule has 0 unspecified atom stereocenters. The molecule has 0 aliphatic heterocycles. The Morgan fingerprint density at radius 3 is 2.29 bits per heavy atom. The van der Waals surface area contributed by atoms with E-state index in [1.54, 1.807) is 4.57 Å². The number of pyridine rings is 1. The molecule has 5 aromatic rings. The van der Waals surface area contributed by atoms with Crippen molar-refractivity contribution in [1.29, 1.82) is 0 Å². The molecule has 34 heavy (non-hydrogen) atoms. The van der Waals surface area contributed by atoms with Gasteiger partial charge in [-0.15, -0.1) is 11.3 Å². The third-order valence-corrected chi connectivity index (χ3v) is 6.91. The van der Waals surface area contributed by atoms with Crippen LogP contribution < -0.4 is 5.43 Å². The summed E-state index contributed by atoms with van der Waals surface area (Å²) in [6, 6.07) is 28.2. The smallest absolute Gasteiger partial charge is 0.341 e. The lowest BCUT2D eigenvalue weighted by molar-refractivity contribution is 0.0695. The van der Waals surface area contributed by atoms with Crippen molar-refractivity contribution in [2.45, 2.75) is 19.4 Å². The SMILES string of the molecule is O=C(O)c1cn(Cc2ccccc2-c2ccccc2)c2nc(CCc3ccccc3)sc2c1=O. The molecule has 6 heteroatoms. The van der Waals surface area contributed by atoms with Crippen LogP contribution >= 0.6 is 11.3 Å². The van der Waals surface area contributed by atoms with E-state index >= 15 is 0 Å². The highest BCUT2D eigenvalue weighted by atomic mass is 32.1. The molecule has 5 nitrogen and oxygen atoms in total. The molecule has 0 fully saturated rings. The molecule has 0 spiro atoms. The van der Waals surface area contributed by atoms with Crippen LogP contribution in [0.5, 0.6) is 0 Å². The number of carboxylic acid groups (broad SMARTS) is 1. The van der Waals surface area contributed by atoms with Crippen LogP contribution in [0.2, 0.25) is 0 Å². The molecule has 0 aliphatic rings. The maximum atomic E-state index is 12.9. The lowest BCUT2D eigenvalue weighted by Gasteiger charge is -2.13. The van der Waals surface area contributed by atoms with Crippen LogP contribution in [0.4, 0.5) is 0 Å². The van der Waals surface area contributed by atoms with Crippen LogP contribution in [0.15, 0.2) is 95.9 Å². The van der Waals surface area contributed by atoms with Crippen molar-refractivity contribution in [3.8, 4) is 11.1 Å². The van der Waals surface area contributed by atoms with Gasteiger partial charge < -0.3 is 9.67 Å². The van der Waals surface area contributed by atoms with E-state index in [1.165, 1.54) is 23.1 Å². The average Bonchev–Trinajstić information content (AvgIpc) is 3.31. The van der Waals surface area contributed by atoms with Crippen molar-refractivity contribution in [1.82, 2.24) is 9.55 Å². The van der Waals surface area contributed by atoms with Crippen LogP contribution in [0.3, 0.4) is 0 Å². The Morgan fingerprint density at radius 1 is 0.882 bits per heavy atom. The summed E-state index contributed by atoms with van der Waals surface area (Å²) in [4.78, 5) is 29.5. The third-order valence-electron chi connectivity index (χ3n) is 5.81. The van der Waals surface area contributed by atoms with Gasteiger partial charge in [-0.25, -0.2) is 9.78 Å². The summed E-state index contributed by atoms with van der Waals surface area (Å²) in [6.45, 7) is 0.407. The van der Waals surface area contributed by atoms with E-state index in [0.29, 0.717) is 23.3 Å². The number of aryl methyl sites for hydroxylation is 2. The summed E-state index contributed by atoms with van der Waals surface area (Å²) in [5, 5.41) is 10.5. The highest BCUT2D eigenvalue weighted by Crippen LogP contribution is 2.27. The molecular formula is C28H22N2O3S. The first-order valence-electron chi connectivity index (χ1n) is 11.0. The molecule has 2 heterocycles. The Hall–Kier alpha value is -4.03. The molecular weight excluding hydrogens is 444 g/mol. The molecule has 0 bridgehead atoms. The summed E-state index contributed by atoms with van der Waals surface area (Å²) < 4.78 is 2.19. The van der Waals surface area contributed by atoms with Crippen molar-refractivity contribution < 1.29 is 9.90 Å². The Morgan fingerprint density at radius 2 is 1.56 bits per heavy atom. The number of rotatable bonds is 7. The minimum Gasteiger partial charge on any atom is -0.477 e. The molecule has 0 atom stereocenters. The van der Waals surface area contributed by atoms with Gasteiger partial charge in [-0.1, -0.05) is 84.9 Å². The minimum atomic E-state index is -1.23. The van der Waals surface area contributed by atoms with E-state index in [4.69, 9.17) is 4.98 Å². The third kappa shape index (κ3) is 4.40. The van der Waals surface area contributed by atoms with Crippen molar-refractivity contribution in [3.05, 3.63) is 123 Å². The first kappa shape index (κ1) is 21.8. The molecule has 5 rings (SSSR count). The highest BCUT2D eigenvalue weighted by molar-refractivity contribution is 7.18. The van der Waals surface area contributed by atoms with Crippen LogP contribution in [0.25, 0.3) is 21.5 Å². The molecule has 1 N–H and O–H groups in total. The summed E-state index contributed by atoms with van der Waals surface area (Å²) >= 11 is 1.29. The zero-order chi connectivity index (χ0) is 23.5. The lowest BCUT2D eigenvalue weighted by Crippen LogP contribution is -2.18. The Balaban J connectivity index is 1.57. The molecule has 0 amide bonds. The second-order valence-corrected chi connectivity index (χ2v) is 9.16. The molecule has 168 valence electrons. The van der Waals surface area contributed by atoms with Gasteiger partial charge in [0.1, 0.15) is 10.3 Å². The number of fused-ring (bicyclic) bond motifs is 1. The second-order valence-electron chi connectivity index (χ2n) is 8.07. The number of benzene rings is 3. The van der Waals surface area contributed by atoms with E-state index in [2.05, 4.69) is 18.2 Å². The van der Waals surface area contributed by atoms with Gasteiger partial charge in [0.25, 0.3) is 0 Å². The van der Waals surface area contributed by atoms with Crippen LogP contribution in [0.1, 0.15) is 26.5 Å². The number of aromatic carboxylic acids is 1. The van der Waals surface area contributed by atoms with Gasteiger partial charge in [-0.3, -0.25) is 4.79 Å². The van der Waals surface area contributed by atoms with Gasteiger partial charge in [-0.2, -0.15) is 0 Å². The molecule has 0 saturated heterocycles. The zero-order valence-electron chi connectivity index (χ0n) is 18.3. The van der Waals surface area contributed by atoms with E-state index in [9.17, 15) is 14.7 Å². The van der Waals surface area contributed by atoms with Crippen LogP contribution in [0, 0.1) is 0 Å².